The molecule has 3 aromatic rings. The number of hydrogen-bond donors (Lipinski definition) is 0. The Morgan fingerprint density at radius 1 is 1.33 bits per heavy atom. The van der Waals surface area contributed by atoms with Crippen molar-refractivity contribution < 1.29 is 18.7 Å². The molecule has 140 valence electrons. The number of aryl methyl sites for hydroxylation is 1. The summed E-state index contributed by atoms with van der Waals surface area (Å²) in [5.74, 6) is 0.222. The van der Waals surface area contributed by atoms with Gasteiger partial charge in [-0.05, 0) is 25.1 Å². The Hall–Kier alpha value is -2.29. The molecule has 0 atom stereocenters. The second kappa shape index (κ2) is 8.60. The highest BCUT2D eigenvalue weighted by Crippen LogP contribution is 2.26. The molecule has 6 nitrogen and oxygen atoms in total. The van der Waals surface area contributed by atoms with Crippen LogP contribution in [-0.4, -0.2) is 18.1 Å². The predicted octanol–water partition coefficient (Wildman–Crippen LogP) is 4.58. The second-order valence-electron chi connectivity index (χ2n) is 5.35. The van der Waals surface area contributed by atoms with E-state index in [-0.39, 0.29) is 11.3 Å². The van der Waals surface area contributed by atoms with Gasteiger partial charge in [-0.1, -0.05) is 23.4 Å². The second-order valence-corrected chi connectivity index (χ2v) is 7.87. The van der Waals surface area contributed by atoms with Crippen molar-refractivity contribution in [3.8, 4) is 11.5 Å². The molecular formula is C18H14ClNO5S2. The minimum atomic E-state index is -0.762. The number of nitrogens with zero attached hydrogens (tertiary/aromatic N) is 1. The molecule has 0 aliphatic rings. The zero-order chi connectivity index (χ0) is 19.4. The predicted molar refractivity (Wildman–Crippen MR) is 104 cm³/mol. The van der Waals surface area contributed by atoms with Gasteiger partial charge in [-0.25, -0.2) is 9.78 Å². The molecule has 0 amide bonds. The van der Waals surface area contributed by atoms with Gasteiger partial charge < -0.3 is 13.9 Å². The van der Waals surface area contributed by atoms with Gasteiger partial charge in [0.2, 0.25) is 11.2 Å². The van der Waals surface area contributed by atoms with E-state index in [1.54, 1.807) is 12.1 Å². The molecular weight excluding hydrogens is 410 g/mol. The van der Waals surface area contributed by atoms with Crippen LogP contribution in [0.5, 0.6) is 11.5 Å². The number of esters is 1. The number of thiazole rings is 1. The Kier molecular flexibility index (Phi) is 6.20. The molecule has 27 heavy (non-hydrogen) atoms. The largest absolute Gasteiger partial charge is 0.496 e. The smallest absolute Gasteiger partial charge is 0.347 e. The number of methoxy groups -OCH3 is 1. The highest BCUT2D eigenvalue weighted by atomic mass is 35.5. The van der Waals surface area contributed by atoms with Gasteiger partial charge in [0.1, 0.15) is 23.3 Å². The van der Waals surface area contributed by atoms with Crippen molar-refractivity contribution in [2.24, 2.45) is 0 Å². The number of rotatable bonds is 6. The first kappa shape index (κ1) is 19.5. The first-order valence-corrected chi connectivity index (χ1v) is 9.93. The van der Waals surface area contributed by atoms with Crippen LogP contribution in [0.1, 0.15) is 21.8 Å². The zero-order valence-electron chi connectivity index (χ0n) is 14.4. The summed E-state index contributed by atoms with van der Waals surface area (Å²) in [6.45, 7) is 1.92. The molecule has 0 bridgehead atoms. The van der Waals surface area contributed by atoms with Crippen molar-refractivity contribution >= 4 is 40.7 Å². The van der Waals surface area contributed by atoms with Gasteiger partial charge in [0.15, 0.2) is 4.34 Å². The van der Waals surface area contributed by atoms with Gasteiger partial charge >= 0.3 is 5.97 Å². The maximum absolute atomic E-state index is 12.3. The minimum absolute atomic E-state index is 0.114. The number of benzene rings is 1. The van der Waals surface area contributed by atoms with Crippen LogP contribution in [0.3, 0.4) is 0 Å². The number of halogens is 1. The number of hydrogen-bond acceptors (Lipinski definition) is 8. The number of ether oxygens (including phenoxy) is 2. The summed E-state index contributed by atoms with van der Waals surface area (Å²) >= 11 is 8.90. The quantitative estimate of drug-likeness (QED) is 0.424. The molecule has 2 aromatic heterocycles. The van der Waals surface area contributed by atoms with E-state index in [1.165, 1.54) is 42.3 Å². The topological polar surface area (TPSA) is 78.6 Å². The molecule has 9 heteroatoms. The number of aromatic nitrogens is 1. The fourth-order valence-electron chi connectivity index (χ4n) is 2.11. The van der Waals surface area contributed by atoms with Crippen molar-refractivity contribution in [1.29, 1.82) is 0 Å². The molecule has 0 saturated carbocycles. The lowest BCUT2D eigenvalue weighted by atomic mass is 10.2. The van der Waals surface area contributed by atoms with Gasteiger partial charge in [-0.2, -0.15) is 0 Å². The molecule has 0 aliphatic carbocycles. The summed E-state index contributed by atoms with van der Waals surface area (Å²) in [5, 5.41) is 2.30. The van der Waals surface area contributed by atoms with Gasteiger partial charge in [-0.3, -0.25) is 4.79 Å². The van der Waals surface area contributed by atoms with Crippen LogP contribution in [0.4, 0.5) is 0 Å². The van der Waals surface area contributed by atoms with Gasteiger partial charge in [0, 0.05) is 22.2 Å². The summed E-state index contributed by atoms with van der Waals surface area (Å²) in [4.78, 5) is 28.9. The summed E-state index contributed by atoms with van der Waals surface area (Å²) in [6.07, 6.45) is 1.13. The van der Waals surface area contributed by atoms with Crippen LogP contribution in [-0.2, 0) is 5.75 Å². The van der Waals surface area contributed by atoms with Crippen LogP contribution in [0.25, 0.3) is 0 Å². The lowest BCUT2D eigenvalue weighted by Gasteiger charge is -2.08. The Labute approximate surface area is 168 Å². The van der Waals surface area contributed by atoms with Crippen molar-refractivity contribution in [1.82, 2.24) is 4.98 Å². The normalized spacial score (nSPS) is 10.6. The van der Waals surface area contributed by atoms with Crippen LogP contribution in [0, 0.1) is 6.92 Å². The lowest BCUT2D eigenvalue weighted by Crippen LogP contribution is -2.15. The number of thioether (sulfide) groups is 1. The van der Waals surface area contributed by atoms with Crippen LogP contribution < -0.4 is 14.9 Å². The Balaban J connectivity index is 1.71. The molecule has 1 aromatic carbocycles. The first-order chi connectivity index (χ1) is 13.0. The standard InChI is InChI=1S/C18H14ClNO5S2/c1-10-8-26-18(20-10)27-9-12-6-14(21)16(7-24-12)25-17(22)13-5-11(19)3-4-15(13)23-2/h3-8H,9H2,1-2H3. The third-order valence-corrected chi connectivity index (χ3v) is 5.77. The maximum Gasteiger partial charge on any atom is 0.347 e. The van der Waals surface area contributed by atoms with Crippen molar-refractivity contribution in [2.75, 3.05) is 7.11 Å². The molecule has 0 radical (unpaired) electrons. The molecule has 0 aliphatic heterocycles. The summed E-state index contributed by atoms with van der Waals surface area (Å²) < 4.78 is 16.6. The summed E-state index contributed by atoms with van der Waals surface area (Å²) in [7, 11) is 1.42. The molecule has 2 heterocycles. The zero-order valence-corrected chi connectivity index (χ0v) is 16.7. The fourth-order valence-corrected chi connectivity index (χ4v) is 4.03. The Morgan fingerprint density at radius 3 is 2.81 bits per heavy atom. The van der Waals surface area contributed by atoms with E-state index in [0.717, 1.165) is 16.3 Å². The van der Waals surface area contributed by atoms with E-state index in [4.69, 9.17) is 25.5 Å². The monoisotopic (exact) mass is 423 g/mol. The molecule has 0 unspecified atom stereocenters. The van der Waals surface area contributed by atoms with Gasteiger partial charge in [-0.15, -0.1) is 11.3 Å². The van der Waals surface area contributed by atoms with Gasteiger partial charge in [0.25, 0.3) is 0 Å². The fraction of sp³-hybridized carbons (Fsp3) is 0.167. The van der Waals surface area contributed by atoms with E-state index in [9.17, 15) is 9.59 Å². The summed E-state index contributed by atoms with van der Waals surface area (Å²) in [5.41, 5.74) is 0.604. The lowest BCUT2D eigenvalue weighted by molar-refractivity contribution is 0.0725. The van der Waals surface area contributed by atoms with Gasteiger partial charge in [0.05, 0.1) is 12.9 Å². The first-order valence-electron chi connectivity index (χ1n) is 7.68. The molecule has 3 rings (SSSR count). The van der Waals surface area contributed by atoms with Crippen molar-refractivity contribution in [3.05, 3.63) is 68.2 Å². The third kappa shape index (κ3) is 4.91. The maximum atomic E-state index is 12.3. The average Bonchev–Trinajstić information content (AvgIpc) is 3.07. The van der Waals surface area contributed by atoms with Crippen LogP contribution in [0.2, 0.25) is 5.02 Å². The Morgan fingerprint density at radius 2 is 2.15 bits per heavy atom. The molecule has 0 spiro atoms. The minimum Gasteiger partial charge on any atom is -0.496 e. The highest BCUT2D eigenvalue weighted by molar-refractivity contribution is 8.00. The number of carbonyl (C=O) groups excluding carboxylic acids is 1. The van der Waals surface area contributed by atoms with Crippen LogP contribution in [0.15, 0.2) is 49.5 Å². The van der Waals surface area contributed by atoms with E-state index < -0.39 is 11.4 Å². The molecule has 0 N–H and O–H groups in total. The Bertz CT molecular complexity index is 1030. The molecule has 0 fully saturated rings. The van der Waals surface area contributed by atoms with E-state index >= 15 is 0 Å². The average molecular weight is 424 g/mol. The highest BCUT2D eigenvalue weighted by Gasteiger charge is 2.17. The van der Waals surface area contributed by atoms with Crippen molar-refractivity contribution in [3.63, 3.8) is 0 Å². The summed E-state index contributed by atoms with van der Waals surface area (Å²) in [6, 6.07) is 5.83. The SMILES string of the molecule is COc1ccc(Cl)cc1C(=O)Oc1coc(CSc2nc(C)cs2)cc1=O. The van der Waals surface area contributed by atoms with E-state index in [0.29, 0.717) is 22.3 Å². The molecule has 0 saturated heterocycles. The van der Waals surface area contributed by atoms with Crippen LogP contribution >= 0.6 is 34.7 Å². The van der Waals surface area contributed by atoms with E-state index in [2.05, 4.69) is 4.98 Å². The van der Waals surface area contributed by atoms with Crippen molar-refractivity contribution in [2.45, 2.75) is 17.0 Å². The third-order valence-electron chi connectivity index (χ3n) is 3.37. The number of carbonyl (C=O) groups is 1. The van der Waals surface area contributed by atoms with E-state index in [1.807, 2.05) is 12.3 Å².